The smallest absolute Gasteiger partial charge is 0.0828 e. The van der Waals surface area contributed by atoms with Crippen molar-refractivity contribution in [1.82, 2.24) is 0 Å². The minimum atomic E-state index is -0.187. The van der Waals surface area contributed by atoms with E-state index in [1.165, 1.54) is 32.1 Å². The lowest BCUT2D eigenvalue weighted by molar-refractivity contribution is -0.0466. The third-order valence-corrected chi connectivity index (χ3v) is 7.12. The molecular formula is C21H36O. The van der Waals surface area contributed by atoms with Crippen LogP contribution in [-0.2, 0) is 4.74 Å². The van der Waals surface area contributed by atoms with E-state index in [0.29, 0.717) is 16.7 Å². The molecule has 0 radical (unpaired) electrons. The van der Waals surface area contributed by atoms with Crippen molar-refractivity contribution < 1.29 is 4.74 Å². The Balaban J connectivity index is 2.23. The number of fused-ring (bicyclic) bond motifs is 1. The Morgan fingerprint density at radius 1 is 1.36 bits per heavy atom. The average molecular weight is 305 g/mol. The highest BCUT2D eigenvalue weighted by atomic mass is 16.5. The van der Waals surface area contributed by atoms with Crippen molar-refractivity contribution in [3.8, 4) is 0 Å². The van der Waals surface area contributed by atoms with Gasteiger partial charge in [0.05, 0.1) is 5.60 Å². The molecule has 0 amide bonds. The first kappa shape index (κ1) is 17.8. The van der Waals surface area contributed by atoms with Gasteiger partial charge in [-0.15, -0.1) is 6.58 Å². The number of allylic oxidation sites excluding steroid dienone is 2. The molecule has 0 aromatic carbocycles. The molecule has 0 bridgehead atoms. The third-order valence-electron chi connectivity index (χ3n) is 7.12. The first-order valence-electron chi connectivity index (χ1n) is 9.04. The Hall–Kier alpha value is -0.560. The van der Waals surface area contributed by atoms with Crippen LogP contribution in [0.1, 0.15) is 73.1 Å². The van der Waals surface area contributed by atoms with Crippen molar-refractivity contribution in [2.45, 2.75) is 78.7 Å². The summed E-state index contributed by atoms with van der Waals surface area (Å²) in [6.45, 7) is 16.0. The molecule has 126 valence electrons. The van der Waals surface area contributed by atoms with E-state index >= 15 is 0 Å². The van der Waals surface area contributed by atoms with Crippen molar-refractivity contribution in [3.63, 3.8) is 0 Å². The predicted molar refractivity (Wildman–Crippen MR) is 95.9 cm³/mol. The summed E-state index contributed by atoms with van der Waals surface area (Å²) in [6.07, 6.45) is 12.2. The quantitative estimate of drug-likeness (QED) is 0.553. The molecule has 1 saturated carbocycles. The molecule has 0 spiro atoms. The second-order valence-corrected chi connectivity index (χ2v) is 8.90. The summed E-state index contributed by atoms with van der Waals surface area (Å²) in [7, 11) is 1.81. The van der Waals surface area contributed by atoms with E-state index in [4.69, 9.17) is 4.74 Å². The van der Waals surface area contributed by atoms with Crippen molar-refractivity contribution in [3.05, 3.63) is 24.3 Å². The van der Waals surface area contributed by atoms with E-state index in [2.05, 4.69) is 47.3 Å². The van der Waals surface area contributed by atoms with Crippen LogP contribution in [0.4, 0.5) is 0 Å². The van der Waals surface area contributed by atoms with Crippen LogP contribution in [0.2, 0.25) is 0 Å². The predicted octanol–water partition coefficient (Wildman–Crippen LogP) is 6.16. The Kier molecular flexibility index (Phi) is 4.97. The van der Waals surface area contributed by atoms with E-state index in [-0.39, 0.29) is 5.60 Å². The van der Waals surface area contributed by atoms with Crippen molar-refractivity contribution in [2.24, 2.45) is 22.7 Å². The van der Waals surface area contributed by atoms with Gasteiger partial charge in [-0.2, -0.15) is 0 Å². The van der Waals surface area contributed by atoms with Crippen LogP contribution in [0.15, 0.2) is 24.3 Å². The van der Waals surface area contributed by atoms with Gasteiger partial charge in [0.25, 0.3) is 0 Å². The van der Waals surface area contributed by atoms with Crippen LogP contribution in [-0.4, -0.2) is 12.7 Å². The molecule has 0 saturated heterocycles. The highest BCUT2D eigenvalue weighted by molar-refractivity contribution is 5.18. The summed E-state index contributed by atoms with van der Waals surface area (Å²) >= 11 is 0. The molecule has 2 rings (SSSR count). The van der Waals surface area contributed by atoms with Gasteiger partial charge < -0.3 is 4.74 Å². The zero-order chi connectivity index (χ0) is 16.6. The fourth-order valence-corrected chi connectivity index (χ4v) is 5.41. The fraction of sp³-hybridized carbons (Fsp3) is 0.810. The van der Waals surface area contributed by atoms with Crippen molar-refractivity contribution in [2.75, 3.05) is 7.11 Å². The molecule has 1 nitrogen and oxygen atoms in total. The standard InChI is InChI=1S/C21H36O/c1-8-20(5,22-7)15-12-17-16(2)10-11-18-19(3,4)13-9-14-21(17,18)6/h8,10,17-18H,1,9,11-15H2,2-7H3/t17-,18+,20-,21-/m1/s1. The van der Waals surface area contributed by atoms with E-state index in [1.54, 1.807) is 12.7 Å². The van der Waals surface area contributed by atoms with Crippen LogP contribution < -0.4 is 0 Å². The van der Waals surface area contributed by atoms with Gasteiger partial charge in [0.2, 0.25) is 0 Å². The molecule has 0 N–H and O–H groups in total. The Labute approximate surface area is 138 Å². The minimum absolute atomic E-state index is 0.187. The maximum absolute atomic E-state index is 5.69. The van der Waals surface area contributed by atoms with Gasteiger partial charge in [0.15, 0.2) is 0 Å². The fourth-order valence-electron chi connectivity index (χ4n) is 5.41. The zero-order valence-corrected chi connectivity index (χ0v) is 15.7. The summed E-state index contributed by atoms with van der Waals surface area (Å²) in [5.41, 5.74) is 2.36. The van der Waals surface area contributed by atoms with Crippen LogP contribution in [0, 0.1) is 22.7 Å². The maximum Gasteiger partial charge on any atom is 0.0828 e. The summed E-state index contributed by atoms with van der Waals surface area (Å²) in [4.78, 5) is 0. The Morgan fingerprint density at radius 2 is 2.05 bits per heavy atom. The molecule has 0 unspecified atom stereocenters. The highest BCUT2D eigenvalue weighted by Crippen LogP contribution is 2.60. The second-order valence-electron chi connectivity index (χ2n) is 8.90. The maximum atomic E-state index is 5.69. The van der Waals surface area contributed by atoms with Crippen LogP contribution in [0.3, 0.4) is 0 Å². The monoisotopic (exact) mass is 304 g/mol. The molecule has 1 heteroatoms. The molecule has 1 fully saturated rings. The number of hydrogen-bond acceptors (Lipinski definition) is 1. The number of ether oxygens (including phenoxy) is 1. The van der Waals surface area contributed by atoms with Crippen molar-refractivity contribution >= 4 is 0 Å². The molecule has 4 atom stereocenters. The van der Waals surface area contributed by atoms with E-state index in [0.717, 1.165) is 12.3 Å². The van der Waals surface area contributed by atoms with Crippen molar-refractivity contribution in [1.29, 1.82) is 0 Å². The minimum Gasteiger partial charge on any atom is -0.374 e. The molecule has 0 aromatic heterocycles. The van der Waals surface area contributed by atoms with E-state index < -0.39 is 0 Å². The largest absolute Gasteiger partial charge is 0.374 e. The average Bonchev–Trinajstić information content (AvgIpc) is 2.45. The molecule has 0 aliphatic heterocycles. The summed E-state index contributed by atoms with van der Waals surface area (Å²) in [5.74, 6) is 1.51. The lowest BCUT2D eigenvalue weighted by Crippen LogP contribution is -2.48. The van der Waals surface area contributed by atoms with Gasteiger partial charge in [-0.1, -0.05) is 44.9 Å². The Morgan fingerprint density at radius 3 is 2.64 bits per heavy atom. The van der Waals surface area contributed by atoms with Gasteiger partial charge in [0.1, 0.15) is 0 Å². The van der Waals surface area contributed by atoms with Gasteiger partial charge in [-0.3, -0.25) is 0 Å². The summed E-state index contributed by atoms with van der Waals surface area (Å²) in [5, 5.41) is 0. The lowest BCUT2D eigenvalue weighted by Gasteiger charge is -2.57. The first-order valence-corrected chi connectivity index (χ1v) is 9.04. The topological polar surface area (TPSA) is 9.23 Å². The van der Waals surface area contributed by atoms with Gasteiger partial charge in [-0.25, -0.2) is 0 Å². The van der Waals surface area contributed by atoms with Gasteiger partial charge in [-0.05, 0) is 68.6 Å². The van der Waals surface area contributed by atoms with Crippen LogP contribution >= 0.6 is 0 Å². The molecule has 2 aliphatic carbocycles. The summed E-state index contributed by atoms with van der Waals surface area (Å²) in [6, 6.07) is 0. The second kappa shape index (κ2) is 6.15. The third kappa shape index (κ3) is 3.07. The number of rotatable bonds is 5. The van der Waals surface area contributed by atoms with E-state index in [1.807, 2.05) is 6.08 Å². The lowest BCUT2D eigenvalue weighted by atomic mass is 9.48. The molecule has 22 heavy (non-hydrogen) atoms. The SMILES string of the molecule is C=C[C@](C)(CC[C@@H]1C(C)=CC[C@H]2C(C)(C)CCC[C@]12C)OC. The number of methoxy groups -OCH3 is 1. The number of hydrogen-bond donors (Lipinski definition) is 0. The Bertz CT molecular complexity index is 447. The van der Waals surface area contributed by atoms with Gasteiger partial charge >= 0.3 is 0 Å². The molecule has 2 aliphatic rings. The highest BCUT2D eigenvalue weighted by Gasteiger charge is 2.51. The summed E-state index contributed by atoms with van der Waals surface area (Å²) < 4.78 is 5.69. The zero-order valence-electron chi connectivity index (χ0n) is 15.7. The van der Waals surface area contributed by atoms with E-state index in [9.17, 15) is 0 Å². The molecule has 0 heterocycles. The molecular weight excluding hydrogens is 268 g/mol. The van der Waals surface area contributed by atoms with Crippen LogP contribution in [0.25, 0.3) is 0 Å². The van der Waals surface area contributed by atoms with Crippen LogP contribution in [0.5, 0.6) is 0 Å². The normalized spacial score (nSPS) is 36.9. The first-order chi connectivity index (χ1) is 10.2. The molecule has 0 aromatic rings. The van der Waals surface area contributed by atoms with Gasteiger partial charge in [0, 0.05) is 7.11 Å².